The molecule has 6 nitrogen and oxygen atoms in total. The third-order valence-corrected chi connectivity index (χ3v) is 17.1. The Labute approximate surface area is 506 Å². The predicted molar refractivity (Wildman–Crippen MR) is 356 cm³/mol. The average molecular weight is 1140 g/mol. The molecule has 0 saturated heterocycles. The maximum Gasteiger partial charge on any atom is 0.305 e. The van der Waals surface area contributed by atoms with Crippen molar-refractivity contribution < 1.29 is 24.5 Å². The molecule has 478 valence electrons. The van der Waals surface area contributed by atoms with Gasteiger partial charge in [-0.25, -0.2) is 0 Å². The number of aliphatic hydroxyl groups excluding tert-OH is 2. The van der Waals surface area contributed by atoms with Gasteiger partial charge in [-0.3, -0.25) is 9.59 Å². The lowest BCUT2D eigenvalue weighted by Gasteiger charge is -2.20. The minimum absolute atomic E-state index is 0.00281. The molecule has 0 aromatic carbocycles. The van der Waals surface area contributed by atoms with E-state index in [-0.39, 0.29) is 18.5 Å². The highest BCUT2D eigenvalue weighted by atomic mass is 16.5. The van der Waals surface area contributed by atoms with Gasteiger partial charge >= 0.3 is 5.97 Å². The fraction of sp³-hybridized carbons (Fsp3) is 0.893. The summed E-state index contributed by atoms with van der Waals surface area (Å²) in [6.45, 7) is 4.87. The van der Waals surface area contributed by atoms with Gasteiger partial charge < -0.3 is 20.3 Å². The Morgan fingerprint density at radius 1 is 0.346 bits per heavy atom. The van der Waals surface area contributed by atoms with Crippen molar-refractivity contribution in [1.82, 2.24) is 5.32 Å². The van der Waals surface area contributed by atoms with Gasteiger partial charge in [0.25, 0.3) is 0 Å². The van der Waals surface area contributed by atoms with Crippen LogP contribution in [0.4, 0.5) is 0 Å². The van der Waals surface area contributed by atoms with Gasteiger partial charge in [0.2, 0.25) is 5.91 Å². The number of amides is 1. The molecule has 0 aromatic rings. The van der Waals surface area contributed by atoms with Crippen LogP contribution < -0.4 is 5.32 Å². The molecule has 2 atom stereocenters. The van der Waals surface area contributed by atoms with Crippen molar-refractivity contribution in [2.75, 3.05) is 13.2 Å². The first-order chi connectivity index (χ1) is 40.0. The van der Waals surface area contributed by atoms with Crippen LogP contribution in [-0.2, 0) is 14.3 Å². The molecule has 0 radical (unpaired) electrons. The molecule has 0 bridgehead atoms. The molecule has 2 unspecified atom stereocenters. The topological polar surface area (TPSA) is 95.9 Å². The lowest BCUT2D eigenvalue weighted by molar-refractivity contribution is -0.143. The Morgan fingerprint density at radius 2 is 0.642 bits per heavy atom. The van der Waals surface area contributed by atoms with Crippen LogP contribution in [0.2, 0.25) is 0 Å². The molecule has 0 aromatic heterocycles. The second kappa shape index (κ2) is 70.6. The van der Waals surface area contributed by atoms with Crippen LogP contribution in [0.3, 0.4) is 0 Å². The number of hydrogen-bond acceptors (Lipinski definition) is 5. The molecule has 0 rings (SSSR count). The molecule has 1 amide bonds. The second-order valence-electron chi connectivity index (χ2n) is 25.3. The van der Waals surface area contributed by atoms with E-state index in [1.165, 1.54) is 327 Å². The van der Waals surface area contributed by atoms with Gasteiger partial charge in [-0.2, -0.15) is 0 Å². The molecule has 3 N–H and O–H groups in total. The molecular formula is C75H143NO5. The van der Waals surface area contributed by atoms with E-state index in [1.807, 2.05) is 6.08 Å². The van der Waals surface area contributed by atoms with E-state index >= 15 is 0 Å². The van der Waals surface area contributed by atoms with Gasteiger partial charge in [-0.1, -0.05) is 371 Å². The number of carbonyl (C=O) groups is 2. The number of hydrogen-bond donors (Lipinski definition) is 3. The van der Waals surface area contributed by atoms with Crippen molar-refractivity contribution in [3.63, 3.8) is 0 Å². The molecule has 81 heavy (non-hydrogen) atoms. The SMILES string of the molecule is CCC/C=C\C/C=C\CCCCCCCC(=O)OCCCCCCCCCCCCCCCCCCCCCCCCCCCCCC(=O)NC(CO)C(O)/C=C/CCCCCCCCCCCCCCCCCCCCCCCC. The first-order valence-corrected chi connectivity index (χ1v) is 36.8. The first kappa shape index (κ1) is 79.1. The van der Waals surface area contributed by atoms with E-state index in [4.69, 9.17) is 4.74 Å². The molecule has 0 fully saturated rings. The summed E-state index contributed by atoms with van der Waals surface area (Å²) in [6.07, 6.45) is 91.0. The zero-order valence-corrected chi connectivity index (χ0v) is 54.8. The van der Waals surface area contributed by atoms with Crippen molar-refractivity contribution >= 4 is 11.9 Å². The minimum atomic E-state index is -0.844. The summed E-state index contributed by atoms with van der Waals surface area (Å²) in [5.41, 5.74) is 0. The van der Waals surface area contributed by atoms with E-state index in [1.54, 1.807) is 6.08 Å². The molecule has 0 saturated carbocycles. The summed E-state index contributed by atoms with van der Waals surface area (Å²) in [4.78, 5) is 24.6. The monoisotopic (exact) mass is 1140 g/mol. The Balaban J connectivity index is 3.39. The zero-order chi connectivity index (χ0) is 58.5. The van der Waals surface area contributed by atoms with Crippen molar-refractivity contribution in [1.29, 1.82) is 0 Å². The lowest BCUT2D eigenvalue weighted by Crippen LogP contribution is -2.45. The Morgan fingerprint density at radius 3 is 0.988 bits per heavy atom. The van der Waals surface area contributed by atoms with Crippen LogP contribution in [0.15, 0.2) is 36.5 Å². The molecule has 0 aliphatic carbocycles. The molecule has 0 spiro atoms. The number of rotatable bonds is 69. The van der Waals surface area contributed by atoms with Gasteiger partial charge in [-0.15, -0.1) is 0 Å². The molecule has 6 heteroatoms. The third-order valence-electron chi connectivity index (χ3n) is 17.1. The van der Waals surface area contributed by atoms with Crippen LogP contribution in [0.5, 0.6) is 0 Å². The number of unbranched alkanes of at least 4 members (excludes halogenated alkanes) is 54. The predicted octanol–water partition coefficient (Wildman–Crippen LogP) is 23.9. The van der Waals surface area contributed by atoms with E-state index in [0.29, 0.717) is 19.4 Å². The average Bonchev–Trinajstić information content (AvgIpc) is 3.47. The van der Waals surface area contributed by atoms with Crippen LogP contribution in [-0.4, -0.2) is 47.4 Å². The lowest BCUT2D eigenvalue weighted by atomic mass is 10.0. The highest BCUT2D eigenvalue weighted by molar-refractivity contribution is 5.76. The standard InChI is InChI=1S/C75H143NO5/c1-3-5-7-9-11-13-15-17-18-19-20-21-22-28-31-34-37-40-44-47-51-55-59-63-67-73(78)72(71-77)76-74(79)68-64-60-56-52-48-45-41-38-35-32-29-26-24-23-25-27-30-33-36-39-42-46-50-54-58-62-66-70-81-75(80)69-65-61-57-53-49-43-16-14-12-10-8-6-4-2/h8,10,14,16,63,67,72-73,77-78H,3-7,9,11-13,15,17-62,64-66,68-71H2,1-2H3,(H,76,79)/b10-8-,16-14-,67-63+. The Bertz CT molecular complexity index is 1310. The smallest absolute Gasteiger partial charge is 0.305 e. The number of aliphatic hydroxyl groups is 2. The summed E-state index contributed by atoms with van der Waals surface area (Å²) >= 11 is 0. The highest BCUT2D eigenvalue weighted by Gasteiger charge is 2.18. The van der Waals surface area contributed by atoms with Crippen molar-refractivity contribution in [2.24, 2.45) is 0 Å². The van der Waals surface area contributed by atoms with Gasteiger partial charge in [0.1, 0.15) is 0 Å². The first-order valence-electron chi connectivity index (χ1n) is 36.8. The number of esters is 1. The summed E-state index contributed by atoms with van der Waals surface area (Å²) in [5.74, 6) is -0.0581. The second-order valence-corrected chi connectivity index (χ2v) is 25.3. The fourth-order valence-electron chi connectivity index (χ4n) is 11.6. The summed E-state index contributed by atoms with van der Waals surface area (Å²) in [5, 5.41) is 23.3. The summed E-state index contributed by atoms with van der Waals surface area (Å²) in [7, 11) is 0. The molecular weight excluding hydrogens is 995 g/mol. The number of nitrogens with one attached hydrogen (secondary N) is 1. The fourth-order valence-corrected chi connectivity index (χ4v) is 11.6. The van der Waals surface area contributed by atoms with Gasteiger partial charge in [0.05, 0.1) is 25.4 Å². The van der Waals surface area contributed by atoms with E-state index in [9.17, 15) is 19.8 Å². The minimum Gasteiger partial charge on any atom is -0.466 e. The van der Waals surface area contributed by atoms with Gasteiger partial charge in [0, 0.05) is 12.8 Å². The Kier molecular flexibility index (Phi) is 68.9. The van der Waals surface area contributed by atoms with Crippen LogP contribution >= 0.6 is 0 Å². The zero-order valence-electron chi connectivity index (χ0n) is 54.8. The van der Waals surface area contributed by atoms with E-state index in [0.717, 1.165) is 51.4 Å². The summed E-state index contributed by atoms with van der Waals surface area (Å²) in [6, 6.07) is -0.627. The molecule has 0 aliphatic heterocycles. The van der Waals surface area contributed by atoms with Crippen LogP contribution in [0, 0.1) is 0 Å². The number of allylic oxidation sites excluding steroid dienone is 5. The van der Waals surface area contributed by atoms with Crippen molar-refractivity contribution in [3.8, 4) is 0 Å². The Hall–Kier alpha value is -1.92. The quantitative estimate of drug-likeness (QED) is 0.0320. The summed E-state index contributed by atoms with van der Waals surface area (Å²) < 4.78 is 5.48. The van der Waals surface area contributed by atoms with Gasteiger partial charge in [0.15, 0.2) is 0 Å². The molecule has 0 heterocycles. The van der Waals surface area contributed by atoms with E-state index < -0.39 is 12.1 Å². The van der Waals surface area contributed by atoms with Crippen LogP contribution in [0.25, 0.3) is 0 Å². The van der Waals surface area contributed by atoms with E-state index in [2.05, 4.69) is 43.5 Å². The number of ether oxygens (including phenoxy) is 1. The maximum atomic E-state index is 12.5. The van der Waals surface area contributed by atoms with Crippen molar-refractivity contribution in [2.45, 2.75) is 418 Å². The molecule has 0 aliphatic rings. The highest BCUT2D eigenvalue weighted by Crippen LogP contribution is 2.19. The third kappa shape index (κ3) is 67.1. The number of carbonyl (C=O) groups excluding carboxylic acids is 2. The van der Waals surface area contributed by atoms with Gasteiger partial charge in [-0.05, 0) is 57.8 Å². The van der Waals surface area contributed by atoms with Crippen LogP contribution in [0.1, 0.15) is 406 Å². The largest absolute Gasteiger partial charge is 0.466 e. The van der Waals surface area contributed by atoms with Crippen molar-refractivity contribution in [3.05, 3.63) is 36.5 Å². The normalized spacial score (nSPS) is 12.7. The maximum absolute atomic E-state index is 12.5.